The van der Waals surface area contributed by atoms with Crippen LogP contribution in [0.5, 0.6) is 0 Å². The van der Waals surface area contributed by atoms with Crippen LogP contribution < -0.4 is 0 Å². The van der Waals surface area contributed by atoms with Crippen LogP contribution in [-0.2, 0) is 6.54 Å². The first kappa shape index (κ1) is 19.7. The Bertz CT molecular complexity index is 952. The van der Waals surface area contributed by atoms with E-state index in [0.29, 0.717) is 6.04 Å². The summed E-state index contributed by atoms with van der Waals surface area (Å²) in [5.74, 6) is 0.991. The fourth-order valence-corrected chi connectivity index (χ4v) is 3.46. The van der Waals surface area contributed by atoms with Crippen molar-refractivity contribution in [3.05, 3.63) is 70.0 Å². The molecule has 1 unspecified atom stereocenters. The minimum atomic E-state index is 0.400. The predicted molar refractivity (Wildman–Crippen MR) is 117 cm³/mol. The lowest BCUT2D eigenvalue weighted by Crippen LogP contribution is -2.24. The lowest BCUT2D eigenvalue weighted by Gasteiger charge is -2.18. The number of imidazole rings is 1. The highest BCUT2D eigenvalue weighted by molar-refractivity contribution is 6.30. The maximum absolute atomic E-state index is 6.05. The van der Waals surface area contributed by atoms with Crippen molar-refractivity contribution in [2.24, 2.45) is 0 Å². The van der Waals surface area contributed by atoms with Crippen molar-refractivity contribution in [3.8, 4) is 0 Å². The summed E-state index contributed by atoms with van der Waals surface area (Å²) in [6.45, 7) is 7.28. The fourth-order valence-electron chi connectivity index (χ4n) is 3.33. The van der Waals surface area contributed by atoms with E-state index in [2.05, 4.69) is 80.8 Å². The van der Waals surface area contributed by atoms with Gasteiger partial charge in [0.1, 0.15) is 5.82 Å². The Morgan fingerprint density at radius 2 is 1.78 bits per heavy atom. The summed E-state index contributed by atoms with van der Waals surface area (Å²) in [5, 5.41) is 0.762. The first-order chi connectivity index (χ1) is 12.9. The molecule has 0 saturated carbocycles. The van der Waals surface area contributed by atoms with Gasteiger partial charge in [-0.05, 0) is 81.4 Å². The van der Waals surface area contributed by atoms with Gasteiger partial charge >= 0.3 is 0 Å². The van der Waals surface area contributed by atoms with Crippen LogP contribution in [-0.4, -0.2) is 34.6 Å². The lowest BCUT2D eigenvalue weighted by atomic mass is 10.1. The van der Waals surface area contributed by atoms with Crippen LogP contribution in [0.1, 0.15) is 35.9 Å². The van der Waals surface area contributed by atoms with Gasteiger partial charge in [-0.2, -0.15) is 0 Å². The molecule has 0 fully saturated rings. The van der Waals surface area contributed by atoms with Crippen LogP contribution in [0.2, 0.25) is 5.02 Å². The van der Waals surface area contributed by atoms with E-state index in [9.17, 15) is 0 Å². The minimum Gasteiger partial charge on any atom is -0.320 e. The Balaban J connectivity index is 2.07. The molecule has 1 aromatic heterocycles. The number of aromatic nitrogens is 2. The van der Waals surface area contributed by atoms with E-state index in [1.807, 2.05) is 12.1 Å². The van der Waals surface area contributed by atoms with Gasteiger partial charge in [0.05, 0.1) is 11.0 Å². The van der Waals surface area contributed by atoms with E-state index in [4.69, 9.17) is 16.6 Å². The van der Waals surface area contributed by atoms with Crippen LogP contribution in [0.3, 0.4) is 0 Å². The number of likely N-dealkylation sites (N-methyl/N-ethyl adjacent to an activating group) is 1. The van der Waals surface area contributed by atoms with Crippen LogP contribution in [0.15, 0.2) is 42.5 Å². The van der Waals surface area contributed by atoms with E-state index in [0.717, 1.165) is 29.3 Å². The summed E-state index contributed by atoms with van der Waals surface area (Å²) in [4.78, 5) is 7.16. The normalized spacial score (nSPS) is 13.1. The third kappa shape index (κ3) is 4.42. The zero-order valence-electron chi connectivity index (χ0n) is 16.8. The molecule has 0 N–H and O–H groups in total. The Kier molecular flexibility index (Phi) is 6.03. The highest BCUT2D eigenvalue weighted by atomic mass is 35.5. The first-order valence-corrected chi connectivity index (χ1v) is 9.83. The summed E-state index contributed by atoms with van der Waals surface area (Å²) in [6.07, 6.45) is 5.48. The molecule has 1 heterocycles. The second-order valence-electron chi connectivity index (χ2n) is 7.41. The molecular formula is C23H28ClN3. The highest BCUT2D eigenvalue weighted by Crippen LogP contribution is 2.23. The van der Waals surface area contributed by atoms with E-state index in [1.54, 1.807) is 0 Å². The van der Waals surface area contributed by atoms with Crippen molar-refractivity contribution in [2.75, 3.05) is 14.1 Å². The van der Waals surface area contributed by atoms with Gasteiger partial charge in [-0.1, -0.05) is 36.7 Å². The Labute approximate surface area is 167 Å². The van der Waals surface area contributed by atoms with Gasteiger partial charge < -0.3 is 9.47 Å². The smallest absolute Gasteiger partial charge is 0.133 e. The predicted octanol–water partition coefficient (Wildman–Crippen LogP) is 5.71. The van der Waals surface area contributed by atoms with Crippen molar-refractivity contribution >= 4 is 28.7 Å². The van der Waals surface area contributed by atoms with Crippen LogP contribution >= 0.6 is 11.6 Å². The van der Waals surface area contributed by atoms with E-state index in [1.165, 1.54) is 22.2 Å². The lowest BCUT2D eigenvalue weighted by molar-refractivity contribution is 0.337. The monoisotopic (exact) mass is 381 g/mol. The minimum absolute atomic E-state index is 0.400. The number of aryl methyl sites for hydroxylation is 2. The molecule has 4 heteroatoms. The zero-order valence-corrected chi connectivity index (χ0v) is 17.6. The summed E-state index contributed by atoms with van der Waals surface area (Å²) in [6, 6.07) is 12.9. The maximum atomic E-state index is 6.05. The molecule has 0 aliphatic rings. The molecule has 3 aromatic rings. The van der Waals surface area contributed by atoms with Gasteiger partial charge in [0, 0.05) is 17.6 Å². The quantitative estimate of drug-likeness (QED) is 0.545. The van der Waals surface area contributed by atoms with Crippen LogP contribution in [0.25, 0.3) is 17.1 Å². The molecule has 0 radical (unpaired) electrons. The molecular weight excluding hydrogens is 354 g/mol. The summed E-state index contributed by atoms with van der Waals surface area (Å²) < 4.78 is 2.30. The molecule has 0 spiro atoms. The Morgan fingerprint density at radius 1 is 1.11 bits per heavy atom. The van der Waals surface area contributed by atoms with Crippen molar-refractivity contribution < 1.29 is 0 Å². The molecule has 0 saturated heterocycles. The number of rotatable bonds is 6. The molecule has 2 aromatic carbocycles. The molecule has 142 valence electrons. The van der Waals surface area contributed by atoms with Gasteiger partial charge in [-0.25, -0.2) is 4.98 Å². The number of hydrogen-bond donors (Lipinski definition) is 0. The third-order valence-corrected chi connectivity index (χ3v) is 5.45. The van der Waals surface area contributed by atoms with Crippen molar-refractivity contribution in [3.63, 3.8) is 0 Å². The number of nitrogens with zero attached hydrogens (tertiary/aromatic N) is 3. The molecule has 1 atom stereocenters. The highest BCUT2D eigenvalue weighted by Gasteiger charge is 2.12. The molecule has 0 aliphatic carbocycles. The second kappa shape index (κ2) is 8.28. The van der Waals surface area contributed by atoms with Gasteiger partial charge in [0.2, 0.25) is 0 Å². The number of halogens is 1. The molecule has 0 bridgehead atoms. The largest absolute Gasteiger partial charge is 0.320 e. The van der Waals surface area contributed by atoms with Gasteiger partial charge in [-0.3, -0.25) is 0 Å². The Hall–Kier alpha value is -2.10. The van der Waals surface area contributed by atoms with Gasteiger partial charge in [-0.15, -0.1) is 0 Å². The van der Waals surface area contributed by atoms with Crippen molar-refractivity contribution in [1.82, 2.24) is 14.5 Å². The number of benzene rings is 2. The number of hydrogen-bond acceptors (Lipinski definition) is 2. The van der Waals surface area contributed by atoms with Crippen LogP contribution in [0.4, 0.5) is 0 Å². The van der Waals surface area contributed by atoms with E-state index >= 15 is 0 Å². The maximum Gasteiger partial charge on any atom is 0.133 e. The summed E-state index contributed by atoms with van der Waals surface area (Å²) in [5.41, 5.74) is 5.99. The molecule has 27 heavy (non-hydrogen) atoms. The third-order valence-electron chi connectivity index (χ3n) is 5.20. The van der Waals surface area contributed by atoms with Crippen LogP contribution in [0, 0.1) is 13.8 Å². The second-order valence-corrected chi connectivity index (χ2v) is 7.84. The average molecular weight is 382 g/mol. The molecule has 0 amide bonds. The number of fused-ring (bicyclic) bond motifs is 1. The molecule has 3 rings (SSSR count). The summed E-state index contributed by atoms with van der Waals surface area (Å²) in [7, 11) is 4.23. The average Bonchev–Trinajstić information content (AvgIpc) is 2.94. The molecule has 3 nitrogen and oxygen atoms in total. The standard InChI is InChI=1S/C23H28ClN3/c1-6-20(26(4)5)11-12-23-25-21-13-16(2)17(3)14-22(21)27(23)15-18-7-9-19(24)10-8-18/h7-14,20H,6,15H2,1-5H3/b12-11+. The van der Waals surface area contributed by atoms with Crippen molar-refractivity contribution in [1.29, 1.82) is 0 Å². The van der Waals surface area contributed by atoms with E-state index in [-0.39, 0.29) is 0 Å². The summed E-state index contributed by atoms with van der Waals surface area (Å²) >= 11 is 6.05. The zero-order chi connectivity index (χ0) is 19.6. The van der Waals surface area contributed by atoms with Gasteiger partial charge in [0.15, 0.2) is 0 Å². The fraction of sp³-hybridized carbons (Fsp3) is 0.348. The first-order valence-electron chi connectivity index (χ1n) is 9.45. The SMILES string of the molecule is CCC(/C=C/c1nc2cc(C)c(C)cc2n1Cc1ccc(Cl)cc1)N(C)C. The van der Waals surface area contributed by atoms with Gasteiger partial charge in [0.25, 0.3) is 0 Å². The Morgan fingerprint density at radius 3 is 2.41 bits per heavy atom. The topological polar surface area (TPSA) is 21.1 Å². The van der Waals surface area contributed by atoms with E-state index < -0.39 is 0 Å². The van der Waals surface area contributed by atoms with Crippen molar-refractivity contribution in [2.45, 2.75) is 39.8 Å². The molecule has 0 aliphatic heterocycles.